The van der Waals surface area contributed by atoms with E-state index in [0.29, 0.717) is 0 Å². The van der Waals surface area contributed by atoms with Gasteiger partial charge in [-0.3, -0.25) is 0 Å². The highest BCUT2D eigenvalue weighted by Crippen LogP contribution is 2.33. The highest BCUT2D eigenvalue weighted by molar-refractivity contribution is 5.85. The quantitative estimate of drug-likeness (QED) is 0.913. The number of halogens is 2. The molecule has 0 saturated heterocycles. The van der Waals surface area contributed by atoms with Gasteiger partial charge in [-0.25, -0.2) is 9.37 Å². The van der Waals surface area contributed by atoms with Crippen LogP contribution in [0.4, 0.5) is 21.8 Å². The van der Waals surface area contributed by atoms with Crippen molar-refractivity contribution in [2.75, 3.05) is 17.2 Å². The minimum Gasteiger partial charge on any atom is -0.368 e. The first-order valence-corrected chi connectivity index (χ1v) is 7.25. The van der Waals surface area contributed by atoms with Gasteiger partial charge in [-0.05, 0) is 42.5 Å². The highest BCUT2D eigenvalue weighted by Gasteiger charge is 2.21. The van der Waals surface area contributed by atoms with E-state index < -0.39 is 0 Å². The summed E-state index contributed by atoms with van der Waals surface area (Å²) in [6.45, 7) is 5.00. The lowest BCUT2D eigenvalue weighted by molar-refractivity contribution is 0.622. The number of anilines is 3. The van der Waals surface area contributed by atoms with E-state index in [1.54, 1.807) is 6.07 Å². The molecule has 1 aromatic carbocycles. The van der Waals surface area contributed by atoms with Gasteiger partial charge in [0.2, 0.25) is 5.95 Å². The third-order valence-electron chi connectivity index (χ3n) is 3.78. The van der Waals surface area contributed by atoms with Crippen molar-refractivity contribution < 1.29 is 4.39 Å². The van der Waals surface area contributed by atoms with Gasteiger partial charge >= 0.3 is 0 Å². The lowest BCUT2D eigenvalue weighted by Crippen LogP contribution is -2.26. The Morgan fingerprint density at radius 3 is 2.73 bits per heavy atom. The Morgan fingerprint density at radius 1 is 1.23 bits per heavy atom. The van der Waals surface area contributed by atoms with Gasteiger partial charge in [0.05, 0.1) is 5.69 Å². The van der Waals surface area contributed by atoms with Gasteiger partial charge in [-0.1, -0.05) is 13.8 Å². The predicted molar refractivity (Wildman–Crippen MR) is 89.5 cm³/mol. The molecule has 0 bridgehead atoms. The summed E-state index contributed by atoms with van der Waals surface area (Å²) >= 11 is 0. The summed E-state index contributed by atoms with van der Waals surface area (Å²) < 4.78 is 13.4. The van der Waals surface area contributed by atoms with E-state index in [4.69, 9.17) is 5.73 Å². The highest BCUT2D eigenvalue weighted by atomic mass is 35.5. The van der Waals surface area contributed by atoms with Crippen molar-refractivity contribution in [1.29, 1.82) is 0 Å². The molecule has 118 valence electrons. The normalized spacial score (nSPS) is 13.7. The van der Waals surface area contributed by atoms with E-state index in [9.17, 15) is 4.39 Å². The lowest BCUT2D eigenvalue weighted by atomic mass is 10.0. The molecule has 3 rings (SSSR count). The van der Waals surface area contributed by atoms with E-state index in [1.807, 2.05) is 12.1 Å². The van der Waals surface area contributed by atoms with Crippen LogP contribution in [-0.4, -0.2) is 16.5 Å². The van der Waals surface area contributed by atoms with E-state index in [2.05, 4.69) is 28.7 Å². The second kappa shape index (κ2) is 6.48. The molecule has 0 saturated carbocycles. The van der Waals surface area contributed by atoms with Crippen LogP contribution < -0.4 is 10.6 Å². The van der Waals surface area contributed by atoms with E-state index in [1.165, 1.54) is 6.07 Å². The summed E-state index contributed by atoms with van der Waals surface area (Å²) in [6.07, 6.45) is 1.86. The molecule has 1 aliphatic rings. The summed E-state index contributed by atoms with van der Waals surface area (Å²) in [7, 11) is 0. The molecule has 0 unspecified atom stereocenters. The van der Waals surface area contributed by atoms with Crippen LogP contribution >= 0.6 is 12.4 Å². The standard InChI is InChI=1S/C16H19FN4.ClH/c1-10(2)13-9-15(20-16(18)19-13)21-7-3-4-11-8-12(17)5-6-14(11)21;/h5-6,8-10H,3-4,7H2,1-2H3,(H2,18,19,20);1H. The molecule has 2 aromatic rings. The molecule has 0 spiro atoms. The number of hydrogen-bond donors (Lipinski definition) is 1. The second-order valence-electron chi connectivity index (χ2n) is 5.69. The fourth-order valence-corrected chi connectivity index (χ4v) is 2.71. The van der Waals surface area contributed by atoms with Crippen LogP contribution in [-0.2, 0) is 6.42 Å². The average molecular weight is 323 g/mol. The van der Waals surface area contributed by atoms with Crippen LogP contribution in [0.2, 0.25) is 0 Å². The Morgan fingerprint density at radius 2 is 2.00 bits per heavy atom. The molecule has 2 N–H and O–H groups in total. The van der Waals surface area contributed by atoms with Gasteiger partial charge < -0.3 is 10.6 Å². The molecule has 22 heavy (non-hydrogen) atoms. The monoisotopic (exact) mass is 322 g/mol. The zero-order valence-corrected chi connectivity index (χ0v) is 13.5. The molecule has 0 amide bonds. The van der Waals surface area contributed by atoms with Gasteiger partial charge in [0.25, 0.3) is 0 Å². The molecular weight excluding hydrogens is 303 g/mol. The van der Waals surface area contributed by atoms with Crippen molar-refractivity contribution in [3.8, 4) is 0 Å². The number of fused-ring (bicyclic) bond motifs is 1. The number of aryl methyl sites for hydroxylation is 1. The summed E-state index contributed by atoms with van der Waals surface area (Å²) in [5.41, 5.74) is 8.79. The predicted octanol–water partition coefficient (Wildman–Crippen LogP) is 3.83. The molecule has 1 aromatic heterocycles. The van der Waals surface area contributed by atoms with Crippen LogP contribution in [0.15, 0.2) is 24.3 Å². The van der Waals surface area contributed by atoms with Gasteiger partial charge in [-0.2, -0.15) is 4.98 Å². The molecule has 0 atom stereocenters. The topological polar surface area (TPSA) is 55.0 Å². The van der Waals surface area contributed by atoms with Crippen LogP contribution in [0.1, 0.15) is 37.4 Å². The Labute approximate surface area is 136 Å². The van der Waals surface area contributed by atoms with E-state index in [0.717, 1.165) is 42.1 Å². The van der Waals surface area contributed by atoms with Crippen LogP contribution in [0.25, 0.3) is 0 Å². The number of benzene rings is 1. The SMILES string of the molecule is CC(C)c1cc(N2CCCc3cc(F)ccc32)nc(N)n1.Cl. The average Bonchev–Trinajstić information content (AvgIpc) is 2.45. The minimum absolute atomic E-state index is 0. The number of hydrogen-bond acceptors (Lipinski definition) is 4. The first-order valence-electron chi connectivity index (χ1n) is 7.25. The maximum Gasteiger partial charge on any atom is 0.222 e. The maximum absolute atomic E-state index is 13.4. The lowest BCUT2D eigenvalue weighted by Gasteiger charge is -2.30. The zero-order valence-electron chi connectivity index (χ0n) is 12.7. The molecule has 2 heterocycles. The van der Waals surface area contributed by atoms with Crippen molar-refractivity contribution in [3.05, 3.63) is 41.3 Å². The fraction of sp³-hybridized carbons (Fsp3) is 0.375. The van der Waals surface area contributed by atoms with Crippen molar-refractivity contribution in [1.82, 2.24) is 9.97 Å². The maximum atomic E-state index is 13.4. The Bertz CT molecular complexity index is 675. The van der Waals surface area contributed by atoms with Crippen molar-refractivity contribution in [2.24, 2.45) is 0 Å². The minimum atomic E-state index is -0.194. The second-order valence-corrected chi connectivity index (χ2v) is 5.69. The third kappa shape index (κ3) is 3.14. The molecule has 1 aliphatic heterocycles. The van der Waals surface area contributed by atoms with Crippen LogP contribution in [0.3, 0.4) is 0 Å². The molecule has 0 fully saturated rings. The molecule has 4 nitrogen and oxygen atoms in total. The summed E-state index contributed by atoms with van der Waals surface area (Å²) in [4.78, 5) is 10.7. The van der Waals surface area contributed by atoms with Gasteiger partial charge in [0.1, 0.15) is 11.6 Å². The van der Waals surface area contributed by atoms with Crippen LogP contribution in [0, 0.1) is 5.82 Å². The van der Waals surface area contributed by atoms with Crippen molar-refractivity contribution in [3.63, 3.8) is 0 Å². The fourth-order valence-electron chi connectivity index (χ4n) is 2.71. The number of nitrogen functional groups attached to an aromatic ring is 1. The number of nitrogens with two attached hydrogens (primary N) is 1. The Hall–Kier alpha value is -1.88. The molecule has 0 radical (unpaired) electrons. The molecule has 6 heteroatoms. The van der Waals surface area contributed by atoms with Crippen LogP contribution in [0.5, 0.6) is 0 Å². The van der Waals surface area contributed by atoms with Gasteiger partial charge in [0.15, 0.2) is 0 Å². The Kier molecular flexibility index (Phi) is 4.86. The smallest absolute Gasteiger partial charge is 0.222 e. The van der Waals surface area contributed by atoms with Gasteiger partial charge in [-0.15, -0.1) is 12.4 Å². The Balaban J connectivity index is 0.00000176. The first kappa shape index (κ1) is 16.5. The summed E-state index contributed by atoms with van der Waals surface area (Å²) in [5, 5.41) is 0. The summed E-state index contributed by atoms with van der Waals surface area (Å²) in [5.74, 6) is 1.16. The number of rotatable bonds is 2. The van der Waals surface area contributed by atoms with Gasteiger partial charge in [0, 0.05) is 18.3 Å². The van der Waals surface area contributed by atoms with E-state index in [-0.39, 0.29) is 30.1 Å². The summed E-state index contributed by atoms with van der Waals surface area (Å²) in [6, 6.07) is 6.89. The van der Waals surface area contributed by atoms with Crippen molar-refractivity contribution >= 4 is 29.9 Å². The molecule has 0 aliphatic carbocycles. The largest absolute Gasteiger partial charge is 0.368 e. The third-order valence-corrected chi connectivity index (χ3v) is 3.78. The van der Waals surface area contributed by atoms with Crippen molar-refractivity contribution in [2.45, 2.75) is 32.6 Å². The number of aromatic nitrogens is 2. The number of nitrogens with zero attached hydrogens (tertiary/aromatic N) is 3. The zero-order chi connectivity index (χ0) is 15.0. The first-order chi connectivity index (χ1) is 10.0. The van der Waals surface area contributed by atoms with E-state index >= 15 is 0 Å². The molecular formula is C16H20ClFN4.